The summed E-state index contributed by atoms with van der Waals surface area (Å²) < 4.78 is 14.6. The maximum absolute atomic E-state index is 14.6. The summed E-state index contributed by atoms with van der Waals surface area (Å²) in [4.78, 5) is 40.6. The molecular weight excluding hydrogens is 439 g/mol. The molecule has 0 spiro atoms. The molecule has 34 heavy (non-hydrogen) atoms. The lowest BCUT2D eigenvalue weighted by molar-refractivity contribution is -0.126. The number of nitrogens with one attached hydrogen (secondary N) is 1. The number of H-pyrrole nitrogens is 1. The van der Waals surface area contributed by atoms with E-state index in [1.807, 2.05) is 32.9 Å². The second kappa shape index (κ2) is 10.8. The van der Waals surface area contributed by atoms with Gasteiger partial charge in [0, 0.05) is 51.0 Å². The summed E-state index contributed by atoms with van der Waals surface area (Å²) in [6, 6.07) is 3.85. The number of carbonyl (C=O) groups excluding carboxylic acids is 2. The fourth-order valence-corrected chi connectivity index (χ4v) is 3.82. The van der Waals surface area contributed by atoms with Crippen molar-refractivity contribution in [1.29, 1.82) is 0 Å². The molecule has 1 aliphatic rings. The highest BCUT2D eigenvalue weighted by Crippen LogP contribution is 2.28. The molecule has 0 atom stereocenters. The highest BCUT2D eigenvalue weighted by Gasteiger charge is 2.30. The lowest BCUT2D eigenvalue weighted by Gasteiger charge is -2.35. The first-order chi connectivity index (χ1) is 16.4. The van der Waals surface area contributed by atoms with E-state index in [-0.39, 0.29) is 22.3 Å². The molecule has 0 radical (unpaired) electrons. The molecule has 1 amide bonds. The van der Waals surface area contributed by atoms with Gasteiger partial charge in [-0.2, -0.15) is 0 Å². The number of pyridine rings is 2. The number of hydrazine groups is 1. The number of rotatable bonds is 5. The minimum absolute atomic E-state index is 0.0445. The standard InChI is InChI=1S/C21H23FN8O2.C2H6/c1-13-3-2-5-25-19(13)28-7-9-29(10-8-28)21(32)18(31)14-11-26-17-16(14)15(22)12-27-20(17)30(24)6-4-23;1-2/h2-6,11-12,26H,7-10,23-24H2,1H3;1-2H3/b6-4-;. The van der Waals surface area contributed by atoms with Crippen LogP contribution in [0.15, 0.2) is 43.1 Å². The van der Waals surface area contributed by atoms with E-state index in [1.165, 1.54) is 23.5 Å². The first-order valence-electron chi connectivity index (χ1n) is 11.0. The fourth-order valence-electron chi connectivity index (χ4n) is 3.82. The molecule has 180 valence electrons. The average molecular weight is 469 g/mol. The van der Waals surface area contributed by atoms with Gasteiger partial charge < -0.3 is 20.5 Å². The molecule has 3 aromatic heterocycles. The molecule has 10 nitrogen and oxygen atoms in total. The van der Waals surface area contributed by atoms with Crippen molar-refractivity contribution in [1.82, 2.24) is 19.9 Å². The van der Waals surface area contributed by atoms with Crippen LogP contribution in [0.25, 0.3) is 10.9 Å². The van der Waals surface area contributed by atoms with Crippen molar-refractivity contribution in [3.63, 3.8) is 0 Å². The molecule has 11 heteroatoms. The number of ketones is 1. The SMILES string of the molecule is CC.Cc1cccnc1N1CCN(C(=O)C(=O)c2c[nH]c3c(N(N)/C=C\N)ncc(F)c23)CC1. The summed E-state index contributed by atoms with van der Waals surface area (Å²) in [6.45, 7) is 7.78. The Hall–Kier alpha value is -3.99. The van der Waals surface area contributed by atoms with Crippen molar-refractivity contribution in [2.24, 2.45) is 11.6 Å². The number of anilines is 2. The zero-order valence-electron chi connectivity index (χ0n) is 19.5. The molecule has 1 fully saturated rings. The van der Waals surface area contributed by atoms with E-state index in [4.69, 9.17) is 11.6 Å². The molecule has 0 aromatic carbocycles. The Morgan fingerprint density at radius 1 is 1.21 bits per heavy atom. The van der Waals surface area contributed by atoms with Crippen molar-refractivity contribution >= 4 is 34.2 Å². The topological polar surface area (TPSA) is 137 Å². The Morgan fingerprint density at radius 2 is 1.91 bits per heavy atom. The predicted molar refractivity (Wildman–Crippen MR) is 129 cm³/mol. The van der Waals surface area contributed by atoms with Gasteiger partial charge in [-0.1, -0.05) is 19.9 Å². The minimum atomic E-state index is -0.798. The Morgan fingerprint density at radius 3 is 2.56 bits per heavy atom. The smallest absolute Gasteiger partial charge is 0.295 e. The third-order valence-corrected chi connectivity index (χ3v) is 5.42. The maximum Gasteiger partial charge on any atom is 0.295 e. The number of nitrogens with two attached hydrogens (primary N) is 2. The molecule has 4 rings (SSSR count). The number of hydrogen-bond acceptors (Lipinski definition) is 8. The largest absolute Gasteiger partial charge is 0.403 e. The van der Waals surface area contributed by atoms with Gasteiger partial charge in [0.05, 0.1) is 22.7 Å². The number of hydrogen-bond donors (Lipinski definition) is 3. The number of nitrogens with zero attached hydrogens (tertiary/aromatic N) is 5. The van der Waals surface area contributed by atoms with Gasteiger partial charge in [-0.15, -0.1) is 0 Å². The summed E-state index contributed by atoms with van der Waals surface area (Å²) in [6.07, 6.45) is 6.50. The number of Topliss-reactive ketones (excluding diaryl/α,β-unsaturated/α-hetero) is 1. The van der Waals surface area contributed by atoms with Crippen LogP contribution in [0.3, 0.4) is 0 Å². The number of fused-ring (bicyclic) bond motifs is 1. The summed E-state index contributed by atoms with van der Waals surface area (Å²) in [5.41, 5.74) is 6.51. The van der Waals surface area contributed by atoms with Crippen molar-refractivity contribution in [2.75, 3.05) is 36.1 Å². The van der Waals surface area contributed by atoms with Crippen LogP contribution in [-0.4, -0.2) is 57.7 Å². The van der Waals surface area contributed by atoms with E-state index in [2.05, 4.69) is 19.9 Å². The van der Waals surface area contributed by atoms with E-state index in [0.717, 1.165) is 22.6 Å². The lowest BCUT2D eigenvalue weighted by atomic mass is 10.1. The van der Waals surface area contributed by atoms with E-state index >= 15 is 0 Å². The van der Waals surface area contributed by atoms with Crippen molar-refractivity contribution in [3.05, 3.63) is 60.1 Å². The molecular formula is C23H29FN8O2. The fraction of sp³-hybridized carbons (Fsp3) is 0.304. The van der Waals surface area contributed by atoms with Crippen molar-refractivity contribution in [2.45, 2.75) is 20.8 Å². The average Bonchev–Trinajstić information content (AvgIpc) is 3.31. The molecule has 0 aliphatic carbocycles. The summed E-state index contributed by atoms with van der Waals surface area (Å²) in [5, 5.41) is 1.05. The number of amides is 1. The zero-order valence-corrected chi connectivity index (χ0v) is 19.5. The monoisotopic (exact) mass is 468 g/mol. The van der Waals surface area contributed by atoms with Crippen LogP contribution in [0.5, 0.6) is 0 Å². The Balaban J connectivity index is 0.00000158. The van der Waals surface area contributed by atoms with Gasteiger partial charge in [-0.3, -0.25) is 14.6 Å². The van der Waals surface area contributed by atoms with Gasteiger partial charge in [-0.05, 0) is 18.6 Å². The van der Waals surface area contributed by atoms with E-state index < -0.39 is 17.5 Å². The highest BCUT2D eigenvalue weighted by molar-refractivity contribution is 6.45. The molecule has 5 N–H and O–H groups in total. The number of carbonyl (C=O) groups is 2. The Bertz CT molecular complexity index is 1200. The van der Waals surface area contributed by atoms with Gasteiger partial charge in [0.25, 0.3) is 11.7 Å². The summed E-state index contributed by atoms with van der Waals surface area (Å²) in [7, 11) is 0. The molecule has 0 bridgehead atoms. The number of aryl methyl sites for hydroxylation is 1. The van der Waals surface area contributed by atoms with Crippen LogP contribution in [-0.2, 0) is 4.79 Å². The minimum Gasteiger partial charge on any atom is -0.403 e. The molecule has 1 aliphatic heterocycles. The van der Waals surface area contributed by atoms with Crippen LogP contribution in [0, 0.1) is 12.7 Å². The number of aromatic amines is 1. The van der Waals surface area contributed by atoms with E-state index in [0.29, 0.717) is 26.2 Å². The normalized spacial score (nSPS) is 13.7. The second-order valence-electron chi connectivity index (χ2n) is 7.38. The zero-order chi connectivity index (χ0) is 24.8. The van der Waals surface area contributed by atoms with E-state index in [9.17, 15) is 14.0 Å². The first kappa shape index (κ1) is 24.6. The van der Waals surface area contributed by atoms with Crippen molar-refractivity contribution < 1.29 is 14.0 Å². The summed E-state index contributed by atoms with van der Waals surface area (Å²) >= 11 is 0. The summed E-state index contributed by atoms with van der Waals surface area (Å²) in [5.74, 6) is 4.65. The molecule has 3 aromatic rings. The molecule has 1 saturated heterocycles. The number of halogens is 1. The maximum atomic E-state index is 14.6. The molecule has 0 unspecified atom stereocenters. The van der Waals surface area contributed by atoms with Crippen LogP contribution in [0.1, 0.15) is 29.8 Å². The third kappa shape index (κ3) is 4.69. The van der Waals surface area contributed by atoms with Gasteiger partial charge in [0.2, 0.25) is 0 Å². The Kier molecular flexibility index (Phi) is 7.79. The van der Waals surface area contributed by atoms with Gasteiger partial charge >= 0.3 is 0 Å². The molecule has 4 heterocycles. The highest BCUT2D eigenvalue weighted by atomic mass is 19.1. The predicted octanol–water partition coefficient (Wildman–Crippen LogP) is 2.07. The lowest BCUT2D eigenvalue weighted by Crippen LogP contribution is -2.51. The molecule has 0 saturated carbocycles. The second-order valence-corrected chi connectivity index (χ2v) is 7.38. The van der Waals surface area contributed by atoms with Gasteiger partial charge in [-0.25, -0.2) is 20.2 Å². The van der Waals surface area contributed by atoms with E-state index in [1.54, 1.807) is 6.20 Å². The van der Waals surface area contributed by atoms with Crippen LogP contribution < -0.4 is 21.5 Å². The van der Waals surface area contributed by atoms with Gasteiger partial charge in [0.1, 0.15) is 5.82 Å². The quantitative estimate of drug-likeness (QED) is 0.224. The van der Waals surface area contributed by atoms with Crippen molar-refractivity contribution in [3.8, 4) is 0 Å². The third-order valence-electron chi connectivity index (χ3n) is 5.42. The van der Waals surface area contributed by atoms with Crippen LogP contribution in [0.4, 0.5) is 16.0 Å². The van der Waals surface area contributed by atoms with Crippen LogP contribution >= 0.6 is 0 Å². The Labute approximate surface area is 197 Å². The van der Waals surface area contributed by atoms with Gasteiger partial charge in [0.15, 0.2) is 11.6 Å². The first-order valence-corrected chi connectivity index (χ1v) is 11.0. The number of piperazine rings is 1. The van der Waals surface area contributed by atoms with Crippen LogP contribution in [0.2, 0.25) is 0 Å². The number of aromatic nitrogens is 3.